The van der Waals surface area contributed by atoms with Crippen LogP contribution in [-0.2, 0) is 37.5 Å². The van der Waals surface area contributed by atoms with Crippen LogP contribution in [0.1, 0.15) is 155 Å². The van der Waals surface area contributed by atoms with Gasteiger partial charge in [0.25, 0.3) is 0 Å². The fraction of sp³-hybridized carbons (Fsp3) is 0.806. The fourth-order valence-electron chi connectivity index (χ4n) is 4.73. The van der Waals surface area contributed by atoms with Crippen LogP contribution in [-0.4, -0.2) is 59.9 Å². The van der Waals surface area contributed by atoms with Gasteiger partial charge < -0.3 is 25.2 Å². The molecule has 0 fully saturated rings. The lowest BCUT2D eigenvalue weighted by Crippen LogP contribution is -2.34. The van der Waals surface area contributed by atoms with Crippen LogP contribution in [0.2, 0.25) is 0 Å². The lowest BCUT2D eigenvalue weighted by Gasteiger charge is -2.20. The Labute approximate surface area is 290 Å². The van der Waals surface area contributed by atoms with Crippen molar-refractivity contribution in [1.29, 1.82) is 0 Å². The molecule has 1 unspecified atom stereocenters. The maximum atomic E-state index is 12.5. The van der Waals surface area contributed by atoms with Crippen LogP contribution in [0.25, 0.3) is 0 Å². The first-order valence-corrected chi connectivity index (χ1v) is 19.9. The van der Waals surface area contributed by atoms with E-state index in [0.29, 0.717) is 12.8 Å². The standard InChI is InChI=1S/C36H66NO10P/c1-3-5-7-9-11-13-15-16-17-18-20-22-24-26-28-35(39)47-32(30-45-48(42,43)46-31-33(37)36(40)41)29-44-34(38)27-25-23-21-19-14-12-10-8-6-4-2/h9,11,15-16,32-33H,3-8,10,12-14,17-31,37H2,1-2H3,(H,40,41)(H,42,43)/b11-9+,16-15+/t32-,33+/m1/s1. The normalized spacial score (nSPS) is 14.2. The molecule has 0 aromatic carbocycles. The van der Waals surface area contributed by atoms with Gasteiger partial charge in [-0.25, -0.2) is 4.57 Å². The Balaban J connectivity index is 4.49. The van der Waals surface area contributed by atoms with E-state index in [4.69, 9.17) is 24.8 Å². The monoisotopic (exact) mass is 703 g/mol. The van der Waals surface area contributed by atoms with Crippen molar-refractivity contribution in [1.82, 2.24) is 0 Å². The summed E-state index contributed by atoms with van der Waals surface area (Å²) < 4.78 is 32.5. The third-order valence-corrected chi connectivity index (χ3v) is 8.65. The number of nitrogens with two attached hydrogens (primary N) is 1. The maximum absolute atomic E-state index is 12.5. The largest absolute Gasteiger partial charge is 0.480 e. The van der Waals surface area contributed by atoms with Gasteiger partial charge in [-0.05, 0) is 38.5 Å². The molecule has 3 atom stereocenters. The zero-order valence-electron chi connectivity index (χ0n) is 29.8. The molecule has 0 heterocycles. The van der Waals surface area contributed by atoms with Crippen molar-refractivity contribution in [2.24, 2.45) is 5.73 Å². The molecule has 0 aliphatic rings. The molecule has 0 bridgehead atoms. The predicted octanol–water partition coefficient (Wildman–Crippen LogP) is 8.72. The van der Waals surface area contributed by atoms with Gasteiger partial charge in [0.1, 0.15) is 12.6 Å². The molecule has 0 spiro atoms. The molecule has 11 nitrogen and oxygen atoms in total. The number of allylic oxidation sites excluding steroid dienone is 4. The molecule has 0 saturated carbocycles. The summed E-state index contributed by atoms with van der Waals surface area (Å²) in [6.45, 7) is 2.70. The number of carboxylic acids is 1. The molecule has 48 heavy (non-hydrogen) atoms. The van der Waals surface area contributed by atoms with E-state index >= 15 is 0 Å². The summed E-state index contributed by atoms with van der Waals surface area (Å²) in [4.78, 5) is 45.6. The quantitative estimate of drug-likeness (QED) is 0.0253. The lowest BCUT2D eigenvalue weighted by atomic mass is 10.1. The molecule has 0 radical (unpaired) electrons. The van der Waals surface area contributed by atoms with E-state index in [0.717, 1.165) is 64.2 Å². The van der Waals surface area contributed by atoms with Gasteiger partial charge in [0.05, 0.1) is 13.2 Å². The number of carboxylic acid groups (broad SMARTS) is 1. The Hall–Kier alpha value is -2.04. The Bertz CT molecular complexity index is 926. The predicted molar refractivity (Wildman–Crippen MR) is 189 cm³/mol. The van der Waals surface area contributed by atoms with E-state index in [1.54, 1.807) is 0 Å². The minimum Gasteiger partial charge on any atom is -0.480 e. The molecule has 0 rings (SSSR count). The Kier molecular flexibility index (Phi) is 30.8. The first-order chi connectivity index (χ1) is 23.1. The molecule has 12 heteroatoms. The van der Waals surface area contributed by atoms with Crippen molar-refractivity contribution in [3.8, 4) is 0 Å². The van der Waals surface area contributed by atoms with Crippen molar-refractivity contribution >= 4 is 25.7 Å². The zero-order valence-corrected chi connectivity index (χ0v) is 30.7. The second kappa shape index (κ2) is 32.2. The third-order valence-electron chi connectivity index (χ3n) is 7.70. The number of hydrogen-bond acceptors (Lipinski definition) is 9. The molecule has 0 saturated heterocycles. The summed E-state index contributed by atoms with van der Waals surface area (Å²) in [6, 6.07) is -1.52. The van der Waals surface area contributed by atoms with E-state index in [1.165, 1.54) is 51.4 Å². The van der Waals surface area contributed by atoms with Gasteiger partial charge >= 0.3 is 25.7 Å². The van der Waals surface area contributed by atoms with Crippen LogP contribution in [0, 0.1) is 0 Å². The summed E-state index contributed by atoms with van der Waals surface area (Å²) in [5.74, 6) is -2.40. The number of carbonyl (C=O) groups is 3. The molecular formula is C36H66NO10P. The first kappa shape index (κ1) is 46.0. The summed E-state index contributed by atoms with van der Waals surface area (Å²) in [5, 5.41) is 8.84. The minimum atomic E-state index is -4.71. The van der Waals surface area contributed by atoms with Crippen LogP contribution in [0.4, 0.5) is 0 Å². The average molecular weight is 704 g/mol. The van der Waals surface area contributed by atoms with Crippen LogP contribution in [0.15, 0.2) is 24.3 Å². The van der Waals surface area contributed by atoms with Gasteiger partial charge in [0, 0.05) is 12.8 Å². The Morgan fingerprint density at radius 3 is 1.69 bits per heavy atom. The van der Waals surface area contributed by atoms with Crippen LogP contribution in [0.3, 0.4) is 0 Å². The van der Waals surface area contributed by atoms with Crippen molar-refractivity contribution in [2.75, 3.05) is 19.8 Å². The van der Waals surface area contributed by atoms with E-state index in [2.05, 4.69) is 42.7 Å². The second-order valence-corrected chi connectivity index (χ2v) is 13.8. The summed E-state index contributed by atoms with van der Waals surface area (Å²) in [5.41, 5.74) is 5.30. The number of phosphoric ester groups is 1. The van der Waals surface area contributed by atoms with Gasteiger partial charge in [0.2, 0.25) is 0 Å². The van der Waals surface area contributed by atoms with Crippen molar-refractivity contribution in [2.45, 2.75) is 167 Å². The number of hydrogen-bond donors (Lipinski definition) is 3. The Morgan fingerprint density at radius 1 is 0.646 bits per heavy atom. The van der Waals surface area contributed by atoms with E-state index in [9.17, 15) is 23.8 Å². The molecule has 0 amide bonds. The Morgan fingerprint density at radius 2 is 1.12 bits per heavy atom. The van der Waals surface area contributed by atoms with Gasteiger partial charge in [-0.15, -0.1) is 0 Å². The van der Waals surface area contributed by atoms with Crippen molar-refractivity contribution in [3.63, 3.8) is 0 Å². The topological polar surface area (TPSA) is 172 Å². The second-order valence-electron chi connectivity index (χ2n) is 12.4. The summed E-state index contributed by atoms with van der Waals surface area (Å²) in [6.07, 6.45) is 29.7. The zero-order chi connectivity index (χ0) is 35.7. The molecule has 280 valence electrons. The molecular weight excluding hydrogens is 637 g/mol. The van der Waals surface area contributed by atoms with E-state index in [1.807, 2.05) is 0 Å². The number of unbranched alkanes of at least 4 members (excludes halogenated alkanes) is 16. The highest BCUT2D eigenvalue weighted by Gasteiger charge is 2.28. The number of esters is 2. The van der Waals surface area contributed by atoms with Crippen LogP contribution >= 0.6 is 7.82 Å². The van der Waals surface area contributed by atoms with Gasteiger partial charge in [-0.2, -0.15) is 0 Å². The highest BCUT2D eigenvalue weighted by atomic mass is 31.2. The number of ether oxygens (including phenoxy) is 2. The van der Waals surface area contributed by atoms with Crippen LogP contribution in [0.5, 0.6) is 0 Å². The molecule has 4 N–H and O–H groups in total. The minimum absolute atomic E-state index is 0.147. The lowest BCUT2D eigenvalue weighted by molar-refractivity contribution is -0.161. The van der Waals surface area contributed by atoms with E-state index < -0.39 is 51.1 Å². The van der Waals surface area contributed by atoms with Crippen LogP contribution < -0.4 is 5.73 Å². The van der Waals surface area contributed by atoms with Crippen molar-refractivity contribution in [3.05, 3.63) is 24.3 Å². The number of rotatable bonds is 34. The summed E-state index contributed by atoms with van der Waals surface area (Å²) >= 11 is 0. The highest BCUT2D eigenvalue weighted by Crippen LogP contribution is 2.43. The smallest absolute Gasteiger partial charge is 0.472 e. The van der Waals surface area contributed by atoms with Gasteiger partial charge in [-0.3, -0.25) is 23.4 Å². The molecule has 0 aromatic rings. The number of phosphoric acid groups is 1. The SMILES string of the molecule is CCCC/C=C/C/C=C/CCCCCCCC(=O)O[C@H](COC(=O)CCCCCCCCCCCC)COP(=O)(O)OC[C@H](N)C(=O)O. The maximum Gasteiger partial charge on any atom is 0.472 e. The van der Waals surface area contributed by atoms with E-state index in [-0.39, 0.29) is 19.4 Å². The van der Waals surface area contributed by atoms with Gasteiger partial charge in [0.15, 0.2) is 6.10 Å². The first-order valence-electron chi connectivity index (χ1n) is 18.4. The molecule has 0 aliphatic heterocycles. The number of carbonyl (C=O) groups excluding carboxylic acids is 2. The molecule has 0 aromatic heterocycles. The fourth-order valence-corrected chi connectivity index (χ4v) is 5.50. The highest BCUT2D eigenvalue weighted by molar-refractivity contribution is 7.47. The molecule has 0 aliphatic carbocycles. The third kappa shape index (κ3) is 31.2. The van der Waals surface area contributed by atoms with Crippen molar-refractivity contribution < 1.29 is 47.5 Å². The van der Waals surface area contributed by atoms with Gasteiger partial charge in [-0.1, -0.05) is 128 Å². The average Bonchev–Trinajstić information content (AvgIpc) is 3.05. The summed E-state index contributed by atoms with van der Waals surface area (Å²) in [7, 11) is -4.71. The number of aliphatic carboxylic acids is 1.